The summed E-state index contributed by atoms with van der Waals surface area (Å²) in [5.41, 5.74) is 3.73. The molecule has 0 spiro atoms. The fourth-order valence-corrected chi connectivity index (χ4v) is 5.11. The number of nitrogens with zero attached hydrogens (tertiary/aromatic N) is 3. The number of aryl methyl sites for hydroxylation is 2. The zero-order valence-corrected chi connectivity index (χ0v) is 21.5. The van der Waals surface area contributed by atoms with Gasteiger partial charge in [0.25, 0.3) is 5.91 Å². The molecule has 1 aliphatic heterocycles. The minimum Gasteiger partial charge on any atom is -0.496 e. The summed E-state index contributed by atoms with van der Waals surface area (Å²) in [4.78, 5) is 22.7. The van der Waals surface area contributed by atoms with Crippen molar-refractivity contribution in [3.63, 3.8) is 0 Å². The van der Waals surface area contributed by atoms with Crippen molar-refractivity contribution in [1.82, 2.24) is 9.88 Å². The molecular weight excluding hydrogens is 481 g/mol. The van der Waals surface area contributed by atoms with Crippen molar-refractivity contribution in [2.24, 2.45) is 0 Å². The first-order valence-electron chi connectivity index (χ1n) is 10.8. The molecule has 4 rings (SSSR count). The number of hydrogen-bond acceptors (Lipinski definition) is 6. The first-order valence-corrected chi connectivity index (χ1v) is 12.0. The summed E-state index contributed by atoms with van der Waals surface area (Å²) in [6.07, 6.45) is 0.836. The largest absolute Gasteiger partial charge is 0.496 e. The number of methoxy groups -OCH3 is 1. The molecule has 33 heavy (non-hydrogen) atoms. The summed E-state index contributed by atoms with van der Waals surface area (Å²) < 4.78 is 12.0. The zero-order chi connectivity index (χ0) is 22.7. The maximum atomic E-state index is 13.7. The average molecular weight is 510 g/mol. The van der Waals surface area contributed by atoms with Gasteiger partial charge < -0.3 is 9.47 Å². The van der Waals surface area contributed by atoms with Gasteiger partial charge in [0.2, 0.25) is 0 Å². The predicted molar refractivity (Wildman–Crippen MR) is 138 cm³/mol. The lowest BCUT2D eigenvalue weighted by atomic mass is 10.1. The van der Waals surface area contributed by atoms with Crippen LogP contribution < -0.4 is 9.64 Å². The highest BCUT2D eigenvalue weighted by Crippen LogP contribution is 2.34. The summed E-state index contributed by atoms with van der Waals surface area (Å²) in [6.45, 7) is 9.00. The molecule has 1 amide bonds. The second-order valence-electron chi connectivity index (χ2n) is 7.96. The second-order valence-corrected chi connectivity index (χ2v) is 9.41. The van der Waals surface area contributed by atoms with Crippen LogP contribution in [-0.2, 0) is 4.74 Å². The van der Waals surface area contributed by atoms with Gasteiger partial charge >= 0.3 is 0 Å². The first-order chi connectivity index (χ1) is 15.5. The highest BCUT2D eigenvalue weighted by atomic mass is 35.5. The number of amides is 1. The topological polar surface area (TPSA) is 54.9 Å². The van der Waals surface area contributed by atoms with Gasteiger partial charge in [0.15, 0.2) is 5.13 Å². The van der Waals surface area contributed by atoms with Gasteiger partial charge in [-0.3, -0.25) is 14.6 Å². The minimum atomic E-state index is -0.153. The standard InChI is InChI=1S/C24H28ClN3O3S.ClH/c1-16-5-8-21-22(17(16)2)26-24(32-21)28(10-4-9-27-11-13-31-14-12-27)23(29)19-15-18(25)6-7-20(19)30-3;/h5-8,15H,4,9-14H2,1-3H3;1H. The molecule has 2 aromatic carbocycles. The Labute approximate surface area is 209 Å². The van der Waals surface area contributed by atoms with Crippen LogP contribution in [-0.4, -0.2) is 62.3 Å². The molecule has 3 aromatic rings. The van der Waals surface area contributed by atoms with Gasteiger partial charge in [0.1, 0.15) is 5.75 Å². The van der Waals surface area contributed by atoms with E-state index >= 15 is 0 Å². The van der Waals surface area contributed by atoms with E-state index in [4.69, 9.17) is 26.1 Å². The molecule has 0 bridgehead atoms. The average Bonchev–Trinajstić information content (AvgIpc) is 3.24. The van der Waals surface area contributed by atoms with Crippen LogP contribution in [0.4, 0.5) is 5.13 Å². The Morgan fingerprint density at radius 2 is 2.00 bits per heavy atom. The molecule has 0 aliphatic carbocycles. The number of ether oxygens (including phenoxy) is 2. The minimum absolute atomic E-state index is 0. The van der Waals surface area contributed by atoms with Crippen LogP contribution in [0.5, 0.6) is 5.75 Å². The number of carbonyl (C=O) groups excluding carboxylic acids is 1. The summed E-state index contributed by atoms with van der Waals surface area (Å²) >= 11 is 7.76. The van der Waals surface area contributed by atoms with Crippen molar-refractivity contribution in [3.05, 3.63) is 52.0 Å². The third kappa shape index (κ3) is 5.78. The van der Waals surface area contributed by atoms with Crippen LogP contribution in [0.1, 0.15) is 27.9 Å². The Morgan fingerprint density at radius 1 is 1.24 bits per heavy atom. The van der Waals surface area contributed by atoms with Gasteiger partial charge in [-0.15, -0.1) is 12.4 Å². The number of thiazole rings is 1. The summed E-state index contributed by atoms with van der Waals surface area (Å²) in [5.74, 6) is 0.352. The number of benzene rings is 2. The lowest BCUT2D eigenvalue weighted by Crippen LogP contribution is -2.39. The van der Waals surface area contributed by atoms with Gasteiger partial charge in [0.05, 0.1) is 36.1 Å². The third-order valence-corrected chi connectivity index (χ3v) is 7.18. The van der Waals surface area contributed by atoms with Crippen molar-refractivity contribution in [2.75, 3.05) is 51.4 Å². The molecule has 0 atom stereocenters. The molecule has 0 radical (unpaired) electrons. The van der Waals surface area contributed by atoms with Crippen molar-refractivity contribution in [1.29, 1.82) is 0 Å². The molecule has 1 aliphatic rings. The quantitative estimate of drug-likeness (QED) is 0.428. The number of aromatic nitrogens is 1. The summed E-state index contributed by atoms with van der Waals surface area (Å²) in [6, 6.07) is 9.30. The SMILES string of the molecule is COc1ccc(Cl)cc1C(=O)N(CCCN1CCOCC1)c1nc2c(C)c(C)ccc2s1.Cl. The lowest BCUT2D eigenvalue weighted by Gasteiger charge is -2.28. The van der Waals surface area contributed by atoms with Crippen molar-refractivity contribution in [3.8, 4) is 5.75 Å². The normalized spacial score (nSPS) is 14.2. The van der Waals surface area contributed by atoms with E-state index in [0.29, 0.717) is 28.0 Å². The van der Waals surface area contributed by atoms with E-state index in [-0.39, 0.29) is 18.3 Å². The lowest BCUT2D eigenvalue weighted by molar-refractivity contribution is 0.0376. The van der Waals surface area contributed by atoms with E-state index in [9.17, 15) is 4.79 Å². The van der Waals surface area contributed by atoms with Crippen LogP contribution in [0, 0.1) is 13.8 Å². The molecule has 0 unspecified atom stereocenters. The van der Waals surface area contributed by atoms with Crippen LogP contribution in [0.25, 0.3) is 10.2 Å². The van der Waals surface area contributed by atoms with Crippen LogP contribution in [0.15, 0.2) is 30.3 Å². The van der Waals surface area contributed by atoms with Crippen LogP contribution in [0.2, 0.25) is 5.02 Å². The summed E-state index contributed by atoms with van der Waals surface area (Å²) in [5, 5.41) is 1.20. The monoisotopic (exact) mass is 509 g/mol. The first kappa shape index (κ1) is 25.7. The van der Waals surface area contributed by atoms with Gasteiger partial charge in [-0.1, -0.05) is 29.0 Å². The van der Waals surface area contributed by atoms with Gasteiger partial charge in [-0.25, -0.2) is 4.98 Å². The number of rotatable bonds is 7. The van der Waals surface area contributed by atoms with E-state index in [0.717, 1.165) is 55.0 Å². The molecule has 1 aromatic heterocycles. The van der Waals surface area contributed by atoms with Gasteiger partial charge in [0, 0.05) is 31.2 Å². The fourth-order valence-electron chi connectivity index (χ4n) is 3.88. The molecule has 2 heterocycles. The number of anilines is 1. The van der Waals surface area contributed by atoms with Crippen LogP contribution in [0.3, 0.4) is 0 Å². The van der Waals surface area contributed by atoms with Crippen LogP contribution >= 0.6 is 35.3 Å². The number of fused-ring (bicyclic) bond motifs is 1. The highest BCUT2D eigenvalue weighted by molar-refractivity contribution is 7.22. The van der Waals surface area contributed by atoms with E-state index < -0.39 is 0 Å². The Bertz CT molecular complexity index is 1120. The summed E-state index contributed by atoms with van der Waals surface area (Å²) in [7, 11) is 1.56. The fraction of sp³-hybridized carbons (Fsp3) is 0.417. The number of morpholine rings is 1. The van der Waals surface area contributed by atoms with Crippen molar-refractivity contribution < 1.29 is 14.3 Å². The highest BCUT2D eigenvalue weighted by Gasteiger charge is 2.25. The smallest absolute Gasteiger partial charge is 0.263 e. The molecule has 178 valence electrons. The maximum absolute atomic E-state index is 13.7. The maximum Gasteiger partial charge on any atom is 0.263 e. The number of hydrogen-bond donors (Lipinski definition) is 0. The molecule has 0 N–H and O–H groups in total. The van der Waals surface area contributed by atoms with E-state index in [1.165, 1.54) is 5.56 Å². The Morgan fingerprint density at radius 3 is 2.73 bits per heavy atom. The Hall–Kier alpha value is -1.90. The van der Waals surface area contributed by atoms with Gasteiger partial charge in [-0.2, -0.15) is 0 Å². The molecule has 1 saturated heterocycles. The van der Waals surface area contributed by atoms with E-state index in [1.54, 1.807) is 41.5 Å². The van der Waals surface area contributed by atoms with E-state index in [1.807, 2.05) is 0 Å². The second kappa shape index (κ2) is 11.5. The molecule has 0 saturated carbocycles. The third-order valence-electron chi connectivity index (χ3n) is 5.90. The predicted octanol–water partition coefficient (Wildman–Crippen LogP) is 5.37. The number of halogens is 2. The molecule has 9 heteroatoms. The molecule has 1 fully saturated rings. The zero-order valence-electron chi connectivity index (χ0n) is 19.1. The molecule has 6 nitrogen and oxygen atoms in total. The Balaban J connectivity index is 0.00000306. The molecular formula is C24H29Cl2N3O3S. The van der Waals surface area contributed by atoms with Gasteiger partial charge in [-0.05, 0) is 55.7 Å². The Kier molecular flexibility index (Phi) is 8.95. The number of carbonyl (C=O) groups is 1. The van der Waals surface area contributed by atoms with E-state index in [2.05, 4.69) is 30.9 Å². The van der Waals surface area contributed by atoms with Crippen molar-refractivity contribution >= 4 is 56.6 Å². The van der Waals surface area contributed by atoms with Crippen molar-refractivity contribution in [2.45, 2.75) is 20.3 Å².